The van der Waals surface area contributed by atoms with Crippen LogP contribution in [0, 0.1) is 5.92 Å². The Morgan fingerprint density at radius 3 is 2.75 bits per heavy atom. The van der Waals surface area contributed by atoms with Gasteiger partial charge < -0.3 is 5.73 Å². The molecule has 1 fully saturated rings. The van der Waals surface area contributed by atoms with Gasteiger partial charge in [0, 0.05) is 6.04 Å². The van der Waals surface area contributed by atoms with Crippen molar-refractivity contribution in [2.24, 2.45) is 11.7 Å². The van der Waals surface area contributed by atoms with Crippen LogP contribution in [-0.4, -0.2) is 17.5 Å². The van der Waals surface area contributed by atoms with Crippen molar-refractivity contribution < 1.29 is 0 Å². The molecule has 1 saturated heterocycles. The lowest BCUT2D eigenvalue weighted by atomic mass is 10.0. The minimum absolute atomic E-state index is 0.483. The van der Waals surface area contributed by atoms with E-state index in [1.807, 2.05) is 11.8 Å². The Labute approximate surface area is 55.0 Å². The van der Waals surface area contributed by atoms with Crippen molar-refractivity contribution in [2.75, 3.05) is 11.5 Å². The first-order chi connectivity index (χ1) is 3.80. The lowest BCUT2D eigenvalue weighted by molar-refractivity contribution is 0.479. The van der Waals surface area contributed by atoms with Crippen LogP contribution in [0.1, 0.15) is 13.3 Å². The second-order valence-corrected chi connectivity index (χ2v) is 3.65. The first-order valence-electron chi connectivity index (χ1n) is 3.14. The summed E-state index contributed by atoms with van der Waals surface area (Å²) in [7, 11) is 0. The molecule has 2 atom stereocenters. The molecule has 8 heavy (non-hydrogen) atoms. The van der Waals surface area contributed by atoms with Gasteiger partial charge in [-0.2, -0.15) is 11.8 Å². The molecule has 0 aromatic heterocycles. The molecule has 0 aliphatic carbocycles. The molecule has 1 aliphatic heterocycles. The molecule has 0 saturated carbocycles. The summed E-state index contributed by atoms with van der Waals surface area (Å²) in [5.74, 6) is 3.28. The fourth-order valence-corrected chi connectivity index (χ4v) is 2.12. The molecule has 1 nitrogen and oxygen atoms in total. The zero-order chi connectivity index (χ0) is 5.98. The molecular weight excluding hydrogens is 118 g/mol. The third-order valence-electron chi connectivity index (χ3n) is 1.71. The summed E-state index contributed by atoms with van der Waals surface area (Å²) in [5.41, 5.74) is 5.76. The Hall–Kier alpha value is 0.310. The highest BCUT2D eigenvalue weighted by Gasteiger charge is 2.16. The van der Waals surface area contributed by atoms with Gasteiger partial charge in [0.15, 0.2) is 0 Å². The van der Waals surface area contributed by atoms with Gasteiger partial charge in [-0.3, -0.25) is 0 Å². The topological polar surface area (TPSA) is 26.0 Å². The highest BCUT2D eigenvalue weighted by Crippen LogP contribution is 2.20. The van der Waals surface area contributed by atoms with E-state index in [0.29, 0.717) is 6.04 Å². The summed E-state index contributed by atoms with van der Waals surface area (Å²) in [4.78, 5) is 0. The fourth-order valence-electron chi connectivity index (χ4n) is 0.897. The van der Waals surface area contributed by atoms with E-state index in [1.54, 1.807) is 0 Å². The van der Waals surface area contributed by atoms with Crippen molar-refractivity contribution in [2.45, 2.75) is 19.4 Å². The van der Waals surface area contributed by atoms with Gasteiger partial charge >= 0.3 is 0 Å². The second-order valence-electron chi connectivity index (χ2n) is 2.50. The monoisotopic (exact) mass is 131 g/mol. The molecule has 0 aromatic rings. The Kier molecular flexibility index (Phi) is 2.20. The molecule has 2 unspecified atom stereocenters. The highest BCUT2D eigenvalue weighted by molar-refractivity contribution is 7.99. The van der Waals surface area contributed by atoms with E-state index in [4.69, 9.17) is 5.73 Å². The maximum atomic E-state index is 5.76. The molecule has 0 radical (unpaired) electrons. The molecule has 0 bridgehead atoms. The molecule has 0 aromatic carbocycles. The van der Waals surface area contributed by atoms with E-state index in [1.165, 1.54) is 17.9 Å². The lowest BCUT2D eigenvalue weighted by Crippen LogP contribution is -2.33. The van der Waals surface area contributed by atoms with Gasteiger partial charge in [-0.25, -0.2) is 0 Å². The second kappa shape index (κ2) is 2.74. The van der Waals surface area contributed by atoms with E-state index in [0.717, 1.165) is 5.92 Å². The largest absolute Gasteiger partial charge is 0.327 e. The number of rotatable bonds is 0. The summed E-state index contributed by atoms with van der Waals surface area (Å²) in [5, 5.41) is 0. The van der Waals surface area contributed by atoms with Gasteiger partial charge in [0.2, 0.25) is 0 Å². The van der Waals surface area contributed by atoms with E-state index >= 15 is 0 Å². The van der Waals surface area contributed by atoms with Crippen LogP contribution >= 0.6 is 11.8 Å². The van der Waals surface area contributed by atoms with Crippen molar-refractivity contribution >= 4 is 11.8 Å². The lowest BCUT2D eigenvalue weighted by Gasteiger charge is -2.24. The summed E-state index contributed by atoms with van der Waals surface area (Å²) in [6.07, 6.45) is 1.21. The van der Waals surface area contributed by atoms with Crippen LogP contribution in [0.2, 0.25) is 0 Å². The molecular formula is C6H13NS. The average Bonchev–Trinajstić information content (AvgIpc) is 1.77. The standard InChI is InChI=1S/C6H13NS/c1-5-4-8-3-2-6(5)7/h5-6H,2-4,7H2,1H3. The molecule has 48 valence electrons. The van der Waals surface area contributed by atoms with Crippen molar-refractivity contribution in [3.8, 4) is 0 Å². The van der Waals surface area contributed by atoms with Gasteiger partial charge in [-0.05, 0) is 23.8 Å². The Morgan fingerprint density at radius 1 is 1.62 bits per heavy atom. The van der Waals surface area contributed by atoms with Gasteiger partial charge in [0.1, 0.15) is 0 Å². The Morgan fingerprint density at radius 2 is 2.38 bits per heavy atom. The van der Waals surface area contributed by atoms with Crippen LogP contribution in [0.5, 0.6) is 0 Å². The zero-order valence-electron chi connectivity index (χ0n) is 5.26. The van der Waals surface area contributed by atoms with Gasteiger partial charge in [0.05, 0.1) is 0 Å². The molecule has 2 N–H and O–H groups in total. The first kappa shape index (κ1) is 6.43. The van der Waals surface area contributed by atoms with E-state index < -0.39 is 0 Å². The van der Waals surface area contributed by atoms with Crippen molar-refractivity contribution in [3.05, 3.63) is 0 Å². The number of hydrogen-bond acceptors (Lipinski definition) is 2. The van der Waals surface area contributed by atoms with Gasteiger partial charge in [-0.15, -0.1) is 0 Å². The summed E-state index contributed by atoms with van der Waals surface area (Å²) < 4.78 is 0. The average molecular weight is 131 g/mol. The molecule has 1 rings (SSSR count). The normalized spacial score (nSPS) is 39.8. The van der Waals surface area contributed by atoms with Crippen molar-refractivity contribution in [1.29, 1.82) is 0 Å². The predicted molar refractivity (Wildman–Crippen MR) is 39.1 cm³/mol. The van der Waals surface area contributed by atoms with Crippen LogP contribution in [0.3, 0.4) is 0 Å². The van der Waals surface area contributed by atoms with Gasteiger partial charge in [-0.1, -0.05) is 6.92 Å². The number of nitrogens with two attached hydrogens (primary N) is 1. The number of thioether (sulfide) groups is 1. The van der Waals surface area contributed by atoms with Crippen LogP contribution in [0.15, 0.2) is 0 Å². The molecule has 2 heteroatoms. The summed E-state index contributed by atoms with van der Waals surface area (Å²) >= 11 is 2.03. The summed E-state index contributed by atoms with van der Waals surface area (Å²) in [6, 6.07) is 0.483. The Bertz CT molecular complexity index is 64.9. The third kappa shape index (κ3) is 1.39. The van der Waals surface area contributed by atoms with Crippen LogP contribution < -0.4 is 5.73 Å². The smallest absolute Gasteiger partial charge is 0.00802 e. The van der Waals surface area contributed by atoms with Crippen LogP contribution in [0.25, 0.3) is 0 Å². The first-order valence-corrected chi connectivity index (χ1v) is 4.29. The fraction of sp³-hybridized carbons (Fsp3) is 1.00. The third-order valence-corrected chi connectivity index (χ3v) is 2.99. The predicted octanol–water partition coefficient (Wildman–Crippen LogP) is 1.09. The van der Waals surface area contributed by atoms with Gasteiger partial charge in [0.25, 0.3) is 0 Å². The van der Waals surface area contributed by atoms with E-state index in [9.17, 15) is 0 Å². The maximum Gasteiger partial charge on any atom is 0.00802 e. The minimum Gasteiger partial charge on any atom is -0.327 e. The molecule has 1 aliphatic rings. The zero-order valence-corrected chi connectivity index (χ0v) is 6.08. The Balaban J connectivity index is 2.28. The summed E-state index contributed by atoms with van der Waals surface area (Å²) in [6.45, 7) is 2.23. The SMILES string of the molecule is CC1CSCCC1N. The van der Waals surface area contributed by atoms with Crippen LogP contribution in [0.4, 0.5) is 0 Å². The minimum atomic E-state index is 0.483. The maximum absolute atomic E-state index is 5.76. The highest BCUT2D eigenvalue weighted by atomic mass is 32.2. The van der Waals surface area contributed by atoms with Crippen molar-refractivity contribution in [3.63, 3.8) is 0 Å². The molecule has 0 amide bonds. The molecule has 0 spiro atoms. The van der Waals surface area contributed by atoms with Crippen LogP contribution in [-0.2, 0) is 0 Å². The van der Waals surface area contributed by atoms with Crippen molar-refractivity contribution in [1.82, 2.24) is 0 Å². The number of hydrogen-bond donors (Lipinski definition) is 1. The molecule has 1 heterocycles. The van der Waals surface area contributed by atoms with E-state index in [2.05, 4.69) is 6.92 Å². The van der Waals surface area contributed by atoms with E-state index in [-0.39, 0.29) is 0 Å². The quantitative estimate of drug-likeness (QED) is 0.532.